The van der Waals surface area contributed by atoms with Crippen molar-refractivity contribution in [1.29, 1.82) is 0 Å². The van der Waals surface area contributed by atoms with E-state index < -0.39 is 6.36 Å². The quantitative estimate of drug-likeness (QED) is 0.627. The summed E-state index contributed by atoms with van der Waals surface area (Å²) in [7, 11) is 0. The first-order valence-electron chi connectivity index (χ1n) is 8.79. The maximum atomic E-state index is 12.4. The highest BCUT2D eigenvalue weighted by atomic mass is 19.4. The first kappa shape index (κ1) is 20.6. The van der Waals surface area contributed by atoms with Crippen molar-refractivity contribution in [2.75, 3.05) is 13.2 Å². The predicted molar refractivity (Wildman–Crippen MR) is 98.3 cm³/mol. The van der Waals surface area contributed by atoms with Gasteiger partial charge in [-0.1, -0.05) is 12.1 Å². The summed E-state index contributed by atoms with van der Waals surface area (Å²) in [5.41, 5.74) is 2.31. The first-order chi connectivity index (χ1) is 13.7. The van der Waals surface area contributed by atoms with Gasteiger partial charge in [-0.3, -0.25) is 14.5 Å². The second kappa shape index (κ2) is 8.48. The Morgan fingerprint density at radius 3 is 2.79 bits per heavy atom. The molecule has 0 saturated heterocycles. The second-order valence-electron chi connectivity index (χ2n) is 6.42. The standard InChI is InChI=1S/C19H19F3N4O3/c1-12-8-13(2-3-17(12)29-19(20,21)22)10-26-11-14-15(25-26)4-5-23-16(14)9-18(28)24-6-7-27/h2-5,8,11,27H,6-7,9-10H2,1H3,(H,24,28). The predicted octanol–water partition coefficient (Wildman–Crippen LogP) is 2.34. The van der Waals surface area contributed by atoms with E-state index in [4.69, 9.17) is 5.11 Å². The third-order valence-electron chi connectivity index (χ3n) is 4.14. The number of hydrogen-bond acceptors (Lipinski definition) is 5. The fourth-order valence-corrected chi connectivity index (χ4v) is 2.92. The third kappa shape index (κ3) is 5.44. The number of aryl methyl sites for hydroxylation is 1. The Kier molecular flexibility index (Phi) is 6.02. The van der Waals surface area contributed by atoms with Gasteiger partial charge in [0.1, 0.15) is 5.75 Å². The van der Waals surface area contributed by atoms with Gasteiger partial charge in [-0.05, 0) is 30.2 Å². The van der Waals surface area contributed by atoms with Gasteiger partial charge in [0.25, 0.3) is 0 Å². The molecular weight excluding hydrogens is 389 g/mol. The van der Waals surface area contributed by atoms with Crippen molar-refractivity contribution in [3.63, 3.8) is 0 Å². The molecule has 0 fully saturated rings. The average Bonchev–Trinajstić information content (AvgIpc) is 3.05. The van der Waals surface area contributed by atoms with Crippen LogP contribution in [-0.4, -0.2) is 45.3 Å². The molecule has 1 aromatic carbocycles. The Labute approximate surface area is 164 Å². The summed E-state index contributed by atoms with van der Waals surface area (Å²) in [5.74, 6) is -0.505. The average molecular weight is 408 g/mol. The second-order valence-corrected chi connectivity index (χ2v) is 6.42. The molecule has 2 N–H and O–H groups in total. The van der Waals surface area contributed by atoms with Crippen molar-refractivity contribution in [2.45, 2.75) is 26.3 Å². The number of fused-ring (bicyclic) bond motifs is 1. The van der Waals surface area contributed by atoms with Crippen LogP contribution in [0.1, 0.15) is 16.8 Å². The van der Waals surface area contributed by atoms with Gasteiger partial charge in [-0.25, -0.2) is 0 Å². The molecule has 0 saturated carbocycles. The molecule has 0 aliphatic rings. The van der Waals surface area contributed by atoms with Crippen molar-refractivity contribution in [1.82, 2.24) is 20.1 Å². The number of alkyl halides is 3. The van der Waals surface area contributed by atoms with Crippen molar-refractivity contribution >= 4 is 16.8 Å². The molecule has 3 rings (SSSR count). The summed E-state index contributed by atoms with van der Waals surface area (Å²) in [5, 5.41) is 16.5. The summed E-state index contributed by atoms with van der Waals surface area (Å²) in [6.07, 6.45) is -1.39. The zero-order valence-electron chi connectivity index (χ0n) is 15.5. The molecule has 3 aromatic rings. The van der Waals surface area contributed by atoms with Crippen LogP contribution in [0.25, 0.3) is 10.9 Å². The van der Waals surface area contributed by atoms with Gasteiger partial charge in [0.05, 0.1) is 30.8 Å². The van der Waals surface area contributed by atoms with Crippen LogP contribution in [0.5, 0.6) is 5.75 Å². The lowest BCUT2D eigenvalue weighted by Gasteiger charge is -2.12. The molecule has 29 heavy (non-hydrogen) atoms. The molecule has 0 atom stereocenters. The number of ether oxygens (including phenoxy) is 1. The zero-order chi connectivity index (χ0) is 21.0. The molecule has 154 valence electrons. The number of carbonyl (C=O) groups excluding carboxylic acids is 1. The van der Waals surface area contributed by atoms with Crippen LogP contribution in [0.2, 0.25) is 0 Å². The minimum absolute atomic E-state index is 0.0472. The van der Waals surface area contributed by atoms with E-state index in [0.29, 0.717) is 28.7 Å². The van der Waals surface area contributed by atoms with E-state index in [1.54, 1.807) is 35.3 Å². The molecule has 10 heteroatoms. The maximum Gasteiger partial charge on any atom is 0.573 e. The minimum atomic E-state index is -4.74. The highest BCUT2D eigenvalue weighted by Gasteiger charge is 2.31. The molecule has 0 radical (unpaired) electrons. The summed E-state index contributed by atoms with van der Waals surface area (Å²) in [6, 6.07) is 6.14. The van der Waals surface area contributed by atoms with E-state index in [9.17, 15) is 18.0 Å². The lowest BCUT2D eigenvalue weighted by Crippen LogP contribution is -2.28. The fourth-order valence-electron chi connectivity index (χ4n) is 2.92. The number of aliphatic hydroxyl groups is 1. The molecule has 0 unspecified atom stereocenters. The Morgan fingerprint density at radius 2 is 2.10 bits per heavy atom. The number of nitrogens with zero attached hydrogens (tertiary/aromatic N) is 3. The molecule has 2 heterocycles. The molecular formula is C19H19F3N4O3. The highest BCUT2D eigenvalue weighted by molar-refractivity contribution is 5.86. The number of benzene rings is 1. The zero-order valence-corrected chi connectivity index (χ0v) is 15.5. The summed E-state index contributed by atoms with van der Waals surface area (Å²) in [4.78, 5) is 16.1. The Balaban J connectivity index is 1.78. The van der Waals surface area contributed by atoms with Crippen LogP contribution in [0.4, 0.5) is 13.2 Å². The number of halogens is 3. The topological polar surface area (TPSA) is 89.3 Å². The molecule has 0 bridgehead atoms. The Bertz CT molecular complexity index is 1020. The van der Waals surface area contributed by atoms with E-state index in [1.807, 2.05) is 0 Å². The minimum Gasteiger partial charge on any atom is -0.406 e. The number of carbonyl (C=O) groups is 1. The Hall–Kier alpha value is -3.14. The van der Waals surface area contributed by atoms with Gasteiger partial charge in [0, 0.05) is 24.3 Å². The van der Waals surface area contributed by atoms with Crippen LogP contribution >= 0.6 is 0 Å². The van der Waals surface area contributed by atoms with Crippen LogP contribution in [0.15, 0.2) is 36.7 Å². The lowest BCUT2D eigenvalue weighted by atomic mass is 10.1. The number of nitrogens with one attached hydrogen (secondary N) is 1. The number of rotatable bonds is 7. The van der Waals surface area contributed by atoms with Gasteiger partial charge in [-0.2, -0.15) is 5.10 Å². The van der Waals surface area contributed by atoms with Crippen molar-refractivity contribution in [3.05, 3.63) is 53.5 Å². The summed E-state index contributed by atoms with van der Waals surface area (Å²) >= 11 is 0. The van der Waals surface area contributed by atoms with Crippen molar-refractivity contribution in [2.24, 2.45) is 0 Å². The fraction of sp³-hybridized carbons (Fsp3) is 0.316. The van der Waals surface area contributed by atoms with E-state index in [1.165, 1.54) is 13.0 Å². The van der Waals surface area contributed by atoms with Gasteiger partial charge in [-0.15, -0.1) is 13.2 Å². The van der Waals surface area contributed by atoms with Crippen LogP contribution in [0, 0.1) is 6.92 Å². The molecule has 0 aliphatic carbocycles. The monoisotopic (exact) mass is 408 g/mol. The smallest absolute Gasteiger partial charge is 0.406 e. The van der Waals surface area contributed by atoms with Gasteiger partial charge < -0.3 is 15.2 Å². The highest BCUT2D eigenvalue weighted by Crippen LogP contribution is 2.27. The maximum absolute atomic E-state index is 12.4. The SMILES string of the molecule is Cc1cc(Cn2cc3c(CC(=O)NCCO)nccc3n2)ccc1OC(F)(F)F. The van der Waals surface area contributed by atoms with Crippen molar-refractivity contribution in [3.8, 4) is 5.75 Å². The summed E-state index contributed by atoms with van der Waals surface area (Å²) in [6.45, 7) is 1.89. The number of aliphatic hydroxyl groups excluding tert-OH is 1. The van der Waals surface area contributed by atoms with E-state index in [-0.39, 0.29) is 31.2 Å². The van der Waals surface area contributed by atoms with E-state index in [2.05, 4.69) is 20.1 Å². The van der Waals surface area contributed by atoms with Crippen LogP contribution in [0.3, 0.4) is 0 Å². The van der Waals surface area contributed by atoms with Crippen LogP contribution < -0.4 is 10.1 Å². The molecule has 2 aromatic heterocycles. The lowest BCUT2D eigenvalue weighted by molar-refractivity contribution is -0.274. The van der Waals surface area contributed by atoms with Crippen LogP contribution in [-0.2, 0) is 17.8 Å². The Morgan fingerprint density at radius 1 is 1.31 bits per heavy atom. The van der Waals surface area contributed by atoms with Gasteiger partial charge >= 0.3 is 6.36 Å². The molecule has 0 spiro atoms. The van der Waals surface area contributed by atoms with E-state index >= 15 is 0 Å². The largest absolute Gasteiger partial charge is 0.573 e. The number of aromatic nitrogens is 3. The number of hydrogen-bond donors (Lipinski definition) is 2. The van der Waals surface area contributed by atoms with E-state index in [0.717, 1.165) is 5.56 Å². The number of amides is 1. The summed E-state index contributed by atoms with van der Waals surface area (Å²) < 4.78 is 42.8. The molecule has 7 nitrogen and oxygen atoms in total. The van der Waals surface area contributed by atoms with Crippen molar-refractivity contribution < 1.29 is 27.8 Å². The normalized spacial score (nSPS) is 11.6. The molecule has 1 amide bonds. The van der Waals surface area contributed by atoms with Gasteiger partial charge in [0.2, 0.25) is 5.91 Å². The van der Waals surface area contributed by atoms with Gasteiger partial charge in [0.15, 0.2) is 0 Å². The first-order valence-corrected chi connectivity index (χ1v) is 8.79. The number of pyridine rings is 1. The molecule has 0 aliphatic heterocycles. The third-order valence-corrected chi connectivity index (χ3v) is 4.14.